The Hall–Kier alpha value is -2.26. The van der Waals surface area contributed by atoms with Gasteiger partial charge in [-0.05, 0) is 19.0 Å². The monoisotopic (exact) mass is 377 g/mol. The highest BCUT2D eigenvalue weighted by atomic mass is 32.2. The van der Waals surface area contributed by atoms with Gasteiger partial charge in [-0.15, -0.1) is 0 Å². The van der Waals surface area contributed by atoms with Crippen LogP contribution >= 0.6 is 0 Å². The number of amides is 1. The second-order valence-corrected chi connectivity index (χ2v) is 8.93. The van der Waals surface area contributed by atoms with E-state index in [0.29, 0.717) is 31.2 Å². The number of primary amides is 1. The lowest BCUT2D eigenvalue weighted by molar-refractivity contribution is -0.117. The maximum absolute atomic E-state index is 11.7. The Bertz CT molecular complexity index is 879. The molecule has 2 heterocycles. The molecule has 1 aliphatic rings. The fraction of sp³-hybridized carbons (Fsp3) is 0.471. The maximum atomic E-state index is 11.7. The number of carbonyl (C=O) groups is 1. The van der Waals surface area contributed by atoms with Gasteiger partial charge < -0.3 is 5.73 Å². The van der Waals surface area contributed by atoms with Crippen LogP contribution in [0.3, 0.4) is 0 Å². The lowest BCUT2D eigenvalue weighted by Crippen LogP contribution is -2.33. The van der Waals surface area contributed by atoms with Gasteiger partial charge in [0.05, 0.1) is 31.0 Å². The Morgan fingerprint density at radius 1 is 1.35 bits per heavy atom. The topological polar surface area (TPSA) is 111 Å². The van der Waals surface area contributed by atoms with Crippen molar-refractivity contribution in [3.63, 3.8) is 0 Å². The Kier molecular flexibility index (Phi) is 5.38. The van der Waals surface area contributed by atoms with Gasteiger partial charge in [-0.2, -0.15) is 5.10 Å². The van der Waals surface area contributed by atoms with E-state index in [1.807, 2.05) is 42.3 Å². The smallest absolute Gasteiger partial charge is 0.225 e. The van der Waals surface area contributed by atoms with Crippen molar-refractivity contribution in [2.24, 2.45) is 5.73 Å². The van der Waals surface area contributed by atoms with Crippen LogP contribution in [-0.2, 0) is 34.1 Å². The summed E-state index contributed by atoms with van der Waals surface area (Å²) >= 11 is 0. The van der Waals surface area contributed by atoms with Crippen molar-refractivity contribution in [2.75, 3.05) is 18.6 Å². The standard InChI is InChI=1S/C17H23N5O3S/c1-21(14-7-8-26(24,25)12-14)11-17-19-16(9-15(18)23)20-22(17)10-13-5-3-2-4-6-13/h2-6,14H,7-12H2,1H3,(H2,18,23). The molecule has 2 N–H and O–H groups in total. The predicted molar refractivity (Wildman–Crippen MR) is 97.0 cm³/mol. The quantitative estimate of drug-likeness (QED) is 0.725. The highest BCUT2D eigenvalue weighted by Gasteiger charge is 2.31. The molecular weight excluding hydrogens is 354 g/mol. The Balaban J connectivity index is 1.79. The first kappa shape index (κ1) is 18.5. The summed E-state index contributed by atoms with van der Waals surface area (Å²) in [5.74, 6) is 0.993. The van der Waals surface area contributed by atoms with E-state index in [1.54, 1.807) is 4.68 Å². The van der Waals surface area contributed by atoms with Crippen molar-refractivity contribution in [3.8, 4) is 0 Å². The molecule has 1 aliphatic heterocycles. The lowest BCUT2D eigenvalue weighted by atomic mass is 10.2. The molecule has 1 unspecified atom stereocenters. The molecule has 3 rings (SSSR count). The third kappa shape index (κ3) is 4.67. The molecule has 26 heavy (non-hydrogen) atoms. The summed E-state index contributed by atoms with van der Waals surface area (Å²) in [6.07, 6.45) is 0.607. The van der Waals surface area contributed by atoms with E-state index in [1.165, 1.54) is 0 Å². The summed E-state index contributed by atoms with van der Waals surface area (Å²) in [6.45, 7) is 0.984. The minimum atomic E-state index is -2.95. The molecule has 140 valence electrons. The maximum Gasteiger partial charge on any atom is 0.225 e. The number of hydrogen-bond acceptors (Lipinski definition) is 6. The van der Waals surface area contributed by atoms with Crippen LogP contribution in [0.2, 0.25) is 0 Å². The number of nitrogens with zero attached hydrogens (tertiary/aromatic N) is 4. The second kappa shape index (κ2) is 7.55. The number of benzene rings is 1. The van der Waals surface area contributed by atoms with Gasteiger partial charge in [0.2, 0.25) is 5.91 Å². The molecule has 1 atom stereocenters. The first-order valence-electron chi connectivity index (χ1n) is 8.48. The van der Waals surface area contributed by atoms with Crippen LogP contribution in [0.25, 0.3) is 0 Å². The van der Waals surface area contributed by atoms with Crippen molar-refractivity contribution in [2.45, 2.75) is 32.0 Å². The molecule has 0 bridgehead atoms. The van der Waals surface area contributed by atoms with Crippen LogP contribution in [0.1, 0.15) is 23.6 Å². The van der Waals surface area contributed by atoms with Gasteiger partial charge in [0.1, 0.15) is 5.82 Å². The summed E-state index contributed by atoms with van der Waals surface area (Å²) in [7, 11) is -1.06. The Labute approximate surface area is 152 Å². The van der Waals surface area contributed by atoms with Crippen LogP contribution in [0.15, 0.2) is 30.3 Å². The van der Waals surface area contributed by atoms with E-state index < -0.39 is 15.7 Å². The third-order valence-corrected chi connectivity index (χ3v) is 6.27. The number of nitrogens with two attached hydrogens (primary N) is 1. The number of rotatable bonds is 7. The molecule has 0 aliphatic carbocycles. The van der Waals surface area contributed by atoms with Crippen molar-refractivity contribution in [1.82, 2.24) is 19.7 Å². The molecule has 0 spiro atoms. The van der Waals surface area contributed by atoms with Crippen LogP contribution in [-0.4, -0.2) is 58.6 Å². The first-order chi connectivity index (χ1) is 12.3. The molecule has 1 fully saturated rings. The highest BCUT2D eigenvalue weighted by molar-refractivity contribution is 7.91. The fourth-order valence-corrected chi connectivity index (χ4v) is 4.94. The van der Waals surface area contributed by atoms with E-state index in [2.05, 4.69) is 10.1 Å². The summed E-state index contributed by atoms with van der Waals surface area (Å²) in [5, 5.41) is 4.41. The lowest BCUT2D eigenvalue weighted by Gasteiger charge is -2.22. The van der Waals surface area contributed by atoms with Crippen molar-refractivity contribution >= 4 is 15.7 Å². The number of carbonyl (C=O) groups excluding carboxylic acids is 1. The SMILES string of the molecule is CN(Cc1nc(CC(N)=O)nn1Cc1ccccc1)C1CCS(=O)(=O)C1. The van der Waals surface area contributed by atoms with Gasteiger partial charge in [-0.25, -0.2) is 18.1 Å². The molecule has 0 saturated carbocycles. The third-order valence-electron chi connectivity index (χ3n) is 4.52. The molecule has 9 heteroatoms. The normalized spacial score (nSPS) is 19.1. The number of hydrogen-bond donors (Lipinski definition) is 1. The molecule has 1 aromatic heterocycles. The van der Waals surface area contributed by atoms with Crippen LogP contribution in [0, 0.1) is 0 Å². The zero-order valence-electron chi connectivity index (χ0n) is 14.7. The van der Waals surface area contributed by atoms with Crippen LogP contribution in [0.4, 0.5) is 0 Å². The van der Waals surface area contributed by atoms with Gasteiger partial charge >= 0.3 is 0 Å². The number of aromatic nitrogens is 3. The zero-order valence-corrected chi connectivity index (χ0v) is 15.5. The summed E-state index contributed by atoms with van der Waals surface area (Å²) in [5.41, 5.74) is 6.33. The van der Waals surface area contributed by atoms with Crippen molar-refractivity contribution < 1.29 is 13.2 Å². The molecule has 1 amide bonds. The van der Waals surface area contributed by atoms with Crippen LogP contribution in [0.5, 0.6) is 0 Å². The van der Waals surface area contributed by atoms with Gasteiger partial charge in [0.25, 0.3) is 0 Å². The van der Waals surface area contributed by atoms with Gasteiger partial charge in [-0.3, -0.25) is 9.69 Å². The average molecular weight is 377 g/mol. The largest absolute Gasteiger partial charge is 0.369 e. The van der Waals surface area contributed by atoms with E-state index >= 15 is 0 Å². The molecule has 8 nitrogen and oxygen atoms in total. The molecule has 2 aromatic rings. The molecule has 0 radical (unpaired) electrons. The second-order valence-electron chi connectivity index (χ2n) is 6.70. The minimum Gasteiger partial charge on any atom is -0.369 e. The average Bonchev–Trinajstić information content (AvgIpc) is 3.11. The summed E-state index contributed by atoms with van der Waals surface area (Å²) < 4.78 is 25.2. The first-order valence-corrected chi connectivity index (χ1v) is 10.3. The predicted octanol–water partition coefficient (Wildman–Crippen LogP) is -0.0269. The summed E-state index contributed by atoms with van der Waals surface area (Å²) in [6, 6.07) is 9.80. The van der Waals surface area contributed by atoms with Gasteiger partial charge in [0, 0.05) is 6.04 Å². The number of sulfone groups is 1. The molecule has 1 aromatic carbocycles. The molecular formula is C17H23N5O3S. The van der Waals surface area contributed by atoms with Gasteiger partial charge in [0.15, 0.2) is 15.7 Å². The Morgan fingerprint density at radius 3 is 2.69 bits per heavy atom. The van der Waals surface area contributed by atoms with Crippen molar-refractivity contribution in [1.29, 1.82) is 0 Å². The van der Waals surface area contributed by atoms with E-state index in [-0.39, 0.29) is 24.0 Å². The van der Waals surface area contributed by atoms with E-state index in [9.17, 15) is 13.2 Å². The zero-order chi connectivity index (χ0) is 18.7. The minimum absolute atomic E-state index is 0.0175. The Morgan fingerprint density at radius 2 is 2.08 bits per heavy atom. The molecule has 1 saturated heterocycles. The fourth-order valence-electron chi connectivity index (χ4n) is 3.13. The summed E-state index contributed by atoms with van der Waals surface area (Å²) in [4.78, 5) is 17.7. The van der Waals surface area contributed by atoms with Crippen LogP contribution < -0.4 is 5.73 Å². The van der Waals surface area contributed by atoms with E-state index in [0.717, 1.165) is 5.56 Å². The highest BCUT2D eigenvalue weighted by Crippen LogP contribution is 2.18. The van der Waals surface area contributed by atoms with Gasteiger partial charge in [-0.1, -0.05) is 30.3 Å². The van der Waals surface area contributed by atoms with Crippen molar-refractivity contribution in [3.05, 3.63) is 47.5 Å². The van der Waals surface area contributed by atoms with E-state index in [4.69, 9.17) is 5.73 Å².